The summed E-state index contributed by atoms with van der Waals surface area (Å²) in [5.74, 6) is -0.0833. The van der Waals surface area contributed by atoms with Gasteiger partial charge in [0, 0.05) is 10.9 Å². The first kappa shape index (κ1) is 17.6. The van der Waals surface area contributed by atoms with Crippen molar-refractivity contribution in [3.05, 3.63) is 29.8 Å². The highest BCUT2D eigenvalue weighted by atomic mass is 32.2. The van der Waals surface area contributed by atoms with E-state index in [9.17, 15) is 9.59 Å². The van der Waals surface area contributed by atoms with E-state index in [0.29, 0.717) is 5.92 Å². The van der Waals surface area contributed by atoms with E-state index < -0.39 is 0 Å². The van der Waals surface area contributed by atoms with Crippen LogP contribution in [0.3, 0.4) is 0 Å². The Kier molecular flexibility index (Phi) is 7.29. The van der Waals surface area contributed by atoms with Gasteiger partial charge in [-0.15, -0.1) is 11.8 Å². The van der Waals surface area contributed by atoms with Crippen LogP contribution in [0, 0.1) is 12.8 Å². The van der Waals surface area contributed by atoms with E-state index in [1.165, 1.54) is 11.8 Å². The number of nitrogens with one attached hydrogen (secondary N) is 1. The van der Waals surface area contributed by atoms with E-state index in [1.54, 1.807) is 0 Å². The molecule has 4 nitrogen and oxygen atoms in total. The topological polar surface area (TPSA) is 55.4 Å². The molecular formula is C16H23NO3S. The van der Waals surface area contributed by atoms with Crippen molar-refractivity contribution in [2.75, 3.05) is 12.4 Å². The van der Waals surface area contributed by atoms with Crippen LogP contribution in [0.15, 0.2) is 29.2 Å². The average Bonchev–Trinajstić information content (AvgIpc) is 2.44. The number of benzene rings is 1. The van der Waals surface area contributed by atoms with Crippen LogP contribution >= 0.6 is 11.8 Å². The van der Waals surface area contributed by atoms with Gasteiger partial charge in [0.25, 0.3) is 5.91 Å². The minimum atomic E-state index is -0.379. The lowest BCUT2D eigenvalue weighted by Gasteiger charge is -2.17. The number of thioether (sulfide) groups is 1. The van der Waals surface area contributed by atoms with Gasteiger partial charge >= 0.3 is 5.97 Å². The maximum Gasteiger partial charge on any atom is 0.316 e. The lowest BCUT2D eigenvalue weighted by atomic mass is 10.1. The Morgan fingerprint density at radius 3 is 2.52 bits per heavy atom. The maximum absolute atomic E-state index is 11.6. The molecule has 116 valence electrons. The van der Waals surface area contributed by atoms with Crippen LogP contribution in [-0.2, 0) is 14.3 Å². The van der Waals surface area contributed by atoms with Crippen molar-refractivity contribution in [1.29, 1.82) is 0 Å². The van der Waals surface area contributed by atoms with Crippen molar-refractivity contribution in [3.63, 3.8) is 0 Å². The summed E-state index contributed by atoms with van der Waals surface area (Å²) in [6.07, 6.45) is 0. The predicted octanol–water partition coefficient (Wildman–Crippen LogP) is 2.79. The van der Waals surface area contributed by atoms with Crippen LogP contribution in [0.2, 0.25) is 0 Å². The minimum absolute atomic E-state index is 0.0672. The third-order valence-corrected chi connectivity index (χ3v) is 4.34. The van der Waals surface area contributed by atoms with Crippen LogP contribution in [0.1, 0.15) is 26.3 Å². The molecule has 0 spiro atoms. The van der Waals surface area contributed by atoms with Gasteiger partial charge in [0.15, 0.2) is 6.61 Å². The predicted molar refractivity (Wildman–Crippen MR) is 85.3 cm³/mol. The third kappa shape index (κ3) is 6.67. The summed E-state index contributed by atoms with van der Waals surface area (Å²) in [6, 6.07) is 7.91. The van der Waals surface area contributed by atoms with E-state index in [2.05, 4.69) is 5.32 Å². The first-order chi connectivity index (χ1) is 9.90. The van der Waals surface area contributed by atoms with Gasteiger partial charge in [-0.1, -0.05) is 32.0 Å². The zero-order valence-electron chi connectivity index (χ0n) is 13.0. The highest BCUT2D eigenvalue weighted by Gasteiger charge is 2.13. The average molecular weight is 309 g/mol. The summed E-state index contributed by atoms with van der Waals surface area (Å²) in [4.78, 5) is 24.3. The van der Waals surface area contributed by atoms with Gasteiger partial charge in [0.05, 0.1) is 5.75 Å². The second-order valence-electron chi connectivity index (χ2n) is 5.32. The quantitative estimate of drug-likeness (QED) is 0.621. The SMILES string of the molecule is Cc1ccccc1SCC(=O)OCC(=O)N[C@@H](C)C(C)C. The van der Waals surface area contributed by atoms with E-state index in [1.807, 2.05) is 52.0 Å². The summed E-state index contributed by atoms with van der Waals surface area (Å²) in [6.45, 7) is 7.75. The number of hydrogen-bond acceptors (Lipinski definition) is 4. The molecule has 0 aliphatic heterocycles. The Morgan fingerprint density at radius 1 is 1.24 bits per heavy atom. The summed E-state index contributed by atoms with van der Waals surface area (Å²) in [7, 11) is 0. The molecule has 1 rings (SSSR count). The van der Waals surface area contributed by atoms with Crippen molar-refractivity contribution in [2.24, 2.45) is 5.92 Å². The van der Waals surface area contributed by atoms with Crippen molar-refractivity contribution in [1.82, 2.24) is 5.32 Å². The molecular weight excluding hydrogens is 286 g/mol. The van der Waals surface area contributed by atoms with Crippen LogP contribution < -0.4 is 5.32 Å². The Labute approximate surface area is 130 Å². The molecule has 0 unspecified atom stereocenters. The third-order valence-electron chi connectivity index (χ3n) is 3.19. The number of esters is 1. The molecule has 0 bridgehead atoms. The molecule has 1 aromatic rings. The molecule has 5 heteroatoms. The monoisotopic (exact) mass is 309 g/mol. The lowest BCUT2D eigenvalue weighted by Crippen LogP contribution is -2.38. The Balaban J connectivity index is 2.28. The second-order valence-corrected chi connectivity index (χ2v) is 6.33. The van der Waals surface area contributed by atoms with E-state index >= 15 is 0 Å². The number of amides is 1. The molecule has 0 saturated carbocycles. The Hall–Kier alpha value is -1.49. The number of ether oxygens (including phenoxy) is 1. The summed E-state index contributed by atoms with van der Waals surface area (Å²) < 4.78 is 4.97. The van der Waals surface area contributed by atoms with E-state index in [-0.39, 0.29) is 30.3 Å². The molecule has 0 aliphatic carbocycles. The van der Waals surface area contributed by atoms with E-state index in [4.69, 9.17) is 4.74 Å². The highest BCUT2D eigenvalue weighted by Crippen LogP contribution is 2.21. The number of hydrogen-bond donors (Lipinski definition) is 1. The molecule has 0 radical (unpaired) electrons. The van der Waals surface area contributed by atoms with Crippen molar-refractivity contribution < 1.29 is 14.3 Å². The second kappa shape index (κ2) is 8.72. The number of carbonyl (C=O) groups excluding carboxylic acids is 2. The van der Waals surface area contributed by atoms with Crippen LogP contribution in [0.25, 0.3) is 0 Å². The van der Waals surface area contributed by atoms with Crippen LogP contribution in [0.4, 0.5) is 0 Å². The first-order valence-electron chi connectivity index (χ1n) is 7.03. The first-order valence-corrected chi connectivity index (χ1v) is 8.02. The minimum Gasteiger partial charge on any atom is -0.455 e. The fraction of sp³-hybridized carbons (Fsp3) is 0.500. The Morgan fingerprint density at radius 2 is 1.90 bits per heavy atom. The molecule has 1 amide bonds. The number of carbonyl (C=O) groups is 2. The molecule has 0 saturated heterocycles. The standard InChI is InChI=1S/C16H23NO3S/c1-11(2)13(4)17-15(18)9-20-16(19)10-21-14-8-6-5-7-12(14)3/h5-8,11,13H,9-10H2,1-4H3,(H,17,18)/t13-/m0/s1. The van der Waals surface area contributed by atoms with Gasteiger partial charge in [-0.25, -0.2) is 0 Å². The molecule has 0 aromatic heterocycles. The smallest absolute Gasteiger partial charge is 0.316 e. The van der Waals surface area contributed by atoms with E-state index in [0.717, 1.165) is 10.5 Å². The zero-order valence-corrected chi connectivity index (χ0v) is 13.8. The van der Waals surface area contributed by atoms with Gasteiger partial charge < -0.3 is 10.1 Å². The summed E-state index contributed by atoms with van der Waals surface area (Å²) in [5.41, 5.74) is 1.12. The van der Waals surface area contributed by atoms with Crippen molar-refractivity contribution in [2.45, 2.75) is 38.6 Å². The Bertz CT molecular complexity index is 488. The van der Waals surface area contributed by atoms with Gasteiger partial charge in [-0.2, -0.15) is 0 Å². The highest BCUT2D eigenvalue weighted by molar-refractivity contribution is 8.00. The van der Waals surface area contributed by atoms with Crippen LogP contribution in [0.5, 0.6) is 0 Å². The maximum atomic E-state index is 11.6. The molecule has 1 aromatic carbocycles. The largest absolute Gasteiger partial charge is 0.455 e. The van der Waals surface area contributed by atoms with Crippen LogP contribution in [-0.4, -0.2) is 30.3 Å². The van der Waals surface area contributed by atoms with Gasteiger partial charge in [-0.3, -0.25) is 9.59 Å². The molecule has 1 atom stereocenters. The summed E-state index contributed by atoms with van der Waals surface area (Å²) >= 11 is 1.42. The van der Waals surface area contributed by atoms with Gasteiger partial charge in [0.1, 0.15) is 0 Å². The number of aryl methyl sites for hydroxylation is 1. The van der Waals surface area contributed by atoms with Gasteiger partial charge in [0.2, 0.25) is 0 Å². The molecule has 0 heterocycles. The summed E-state index contributed by atoms with van der Waals surface area (Å²) in [5, 5.41) is 2.79. The normalized spacial score (nSPS) is 12.0. The molecule has 0 aliphatic rings. The lowest BCUT2D eigenvalue weighted by molar-refractivity contribution is -0.146. The van der Waals surface area contributed by atoms with Gasteiger partial charge in [-0.05, 0) is 31.4 Å². The molecule has 21 heavy (non-hydrogen) atoms. The number of rotatable bonds is 7. The zero-order chi connectivity index (χ0) is 15.8. The fourth-order valence-electron chi connectivity index (χ4n) is 1.51. The molecule has 0 fully saturated rings. The molecule has 1 N–H and O–H groups in total. The van der Waals surface area contributed by atoms with Crippen molar-refractivity contribution in [3.8, 4) is 0 Å². The fourth-order valence-corrected chi connectivity index (χ4v) is 2.33. The van der Waals surface area contributed by atoms with Crippen molar-refractivity contribution >= 4 is 23.6 Å².